The van der Waals surface area contributed by atoms with Crippen molar-refractivity contribution in [3.05, 3.63) is 35.4 Å². The molecule has 2 nitrogen and oxygen atoms in total. The van der Waals surface area contributed by atoms with E-state index in [0.29, 0.717) is 12.6 Å². The lowest BCUT2D eigenvalue weighted by Gasteiger charge is -2.20. The molecule has 0 radical (unpaired) electrons. The number of carbonyl (C=O) groups excluding carboxylic acids is 1. The SMILES string of the molecule is CCCN(CC(=O)c1ccc(CC)cc1)C1CC1. The van der Waals surface area contributed by atoms with Crippen molar-refractivity contribution in [3.8, 4) is 0 Å². The Labute approximate surface area is 110 Å². The van der Waals surface area contributed by atoms with E-state index in [0.717, 1.165) is 24.9 Å². The average molecular weight is 245 g/mol. The number of aryl methyl sites for hydroxylation is 1. The maximum absolute atomic E-state index is 12.2. The number of hydrogen-bond donors (Lipinski definition) is 0. The van der Waals surface area contributed by atoms with E-state index >= 15 is 0 Å². The Morgan fingerprint density at radius 2 is 1.89 bits per heavy atom. The molecule has 0 spiro atoms. The Hall–Kier alpha value is -1.15. The van der Waals surface area contributed by atoms with Gasteiger partial charge in [0, 0.05) is 11.6 Å². The van der Waals surface area contributed by atoms with Gasteiger partial charge in [-0.05, 0) is 37.8 Å². The second-order valence-electron chi connectivity index (χ2n) is 5.18. The molecular weight excluding hydrogens is 222 g/mol. The first-order valence-electron chi connectivity index (χ1n) is 7.10. The third kappa shape index (κ3) is 3.42. The van der Waals surface area contributed by atoms with Crippen LogP contribution < -0.4 is 0 Å². The molecule has 1 aromatic carbocycles. The van der Waals surface area contributed by atoms with E-state index in [-0.39, 0.29) is 5.78 Å². The summed E-state index contributed by atoms with van der Waals surface area (Å²) in [5.74, 6) is 0.262. The van der Waals surface area contributed by atoms with Crippen LogP contribution in [0.2, 0.25) is 0 Å². The number of rotatable bonds is 7. The minimum absolute atomic E-state index is 0.262. The van der Waals surface area contributed by atoms with Crippen LogP contribution in [-0.2, 0) is 6.42 Å². The van der Waals surface area contributed by atoms with Gasteiger partial charge in [0.2, 0.25) is 0 Å². The van der Waals surface area contributed by atoms with Crippen LogP contribution in [0.15, 0.2) is 24.3 Å². The Morgan fingerprint density at radius 1 is 1.22 bits per heavy atom. The van der Waals surface area contributed by atoms with Crippen molar-refractivity contribution in [3.63, 3.8) is 0 Å². The summed E-state index contributed by atoms with van der Waals surface area (Å²) in [7, 11) is 0. The number of Topliss-reactive ketones (excluding diaryl/α,β-unsaturated/α-hetero) is 1. The summed E-state index contributed by atoms with van der Waals surface area (Å²) in [6, 6.07) is 8.74. The molecule has 1 aliphatic rings. The van der Waals surface area contributed by atoms with Crippen molar-refractivity contribution in [1.82, 2.24) is 4.90 Å². The third-order valence-electron chi connectivity index (χ3n) is 3.60. The Kier molecular flexibility index (Phi) is 4.54. The Morgan fingerprint density at radius 3 is 2.39 bits per heavy atom. The quantitative estimate of drug-likeness (QED) is 0.687. The zero-order valence-corrected chi connectivity index (χ0v) is 11.5. The molecule has 0 heterocycles. The topological polar surface area (TPSA) is 20.3 Å². The predicted octanol–water partition coefficient (Wildman–Crippen LogP) is 3.31. The van der Waals surface area contributed by atoms with E-state index in [1.54, 1.807) is 0 Å². The minimum Gasteiger partial charge on any atom is -0.293 e. The zero-order chi connectivity index (χ0) is 13.0. The summed E-state index contributed by atoms with van der Waals surface area (Å²) in [5.41, 5.74) is 2.15. The molecule has 0 aromatic heterocycles. The second kappa shape index (κ2) is 6.14. The maximum Gasteiger partial charge on any atom is 0.176 e. The smallest absolute Gasteiger partial charge is 0.176 e. The van der Waals surface area contributed by atoms with Crippen LogP contribution in [0, 0.1) is 0 Å². The van der Waals surface area contributed by atoms with E-state index in [4.69, 9.17) is 0 Å². The van der Waals surface area contributed by atoms with Gasteiger partial charge in [-0.15, -0.1) is 0 Å². The van der Waals surface area contributed by atoms with Crippen LogP contribution in [0.3, 0.4) is 0 Å². The lowest BCUT2D eigenvalue weighted by molar-refractivity contribution is 0.0925. The molecule has 0 amide bonds. The van der Waals surface area contributed by atoms with Gasteiger partial charge < -0.3 is 0 Å². The molecule has 0 atom stereocenters. The van der Waals surface area contributed by atoms with Crippen molar-refractivity contribution in [1.29, 1.82) is 0 Å². The highest BCUT2D eigenvalue weighted by Crippen LogP contribution is 2.27. The van der Waals surface area contributed by atoms with E-state index in [1.807, 2.05) is 12.1 Å². The van der Waals surface area contributed by atoms with Crippen molar-refractivity contribution >= 4 is 5.78 Å². The number of ketones is 1. The van der Waals surface area contributed by atoms with Gasteiger partial charge in [-0.3, -0.25) is 9.69 Å². The molecule has 2 rings (SSSR count). The van der Waals surface area contributed by atoms with Gasteiger partial charge in [-0.25, -0.2) is 0 Å². The van der Waals surface area contributed by atoms with Gasteiger partial charge in [0.15, 0.2) is 5.78 Å². The Balaban J connectivity index is 1.96. The lowest BCUT2D eigenvalue weighted by Crippen LogP contribution is -2.32. The van der Waals surface area contributed by atoms with Crippen molar-refractivity contribution < 1.29 is 4.79 Å². The first-order chi connectivity index (χ1) is 8.74. The highest BCUT2D eigenvalue weighted by molar-refractivity contribution is 5.97. The fourth-order valence-electron chi connectivity index (χ4n) is 2.32. The largest absolute Gasteiger partial charge is 0.293 e. The summed E-state index contributed by atoms with van der Waals surface area (Å²) in [4.78, 5) is 14.6. The standard InChI is InChI=1S/C16H23NO/c1-3-11-17(15-9-10-15)12-16(18)14-7-5-13(4-2)6-8-14/h5-8,15H,3-4,9-12H2,1-2H3. The first-order valence-corrected chi connectivity index (χ1v) is 7.10. The summed E-state index contributed by atoms with van der Waals surface area (Å²) in [6.45, 7) is 5.94. The van der Waals surface area contributed by atoms with Crippen molar-refractivity contribution in [2.45, 2.75) is 45.6 Å². The lowest BCUT2D eigenvalue weighted by atomic mass is 10.1. The molecular formula is C16H23NO. The fraction of sp³-hybridized carbons (Fsp3) is 0.562. The molecule has 98 valence electrons. The van der Waals surface area contributed by atoms with E-state index in [1.165, 1.54) is 18.4 Å². The second-order valence-corrected chi connectivity index (χ2v) is 5.18. The van der Waals surface area contributed by atoms with Gasteiger partial charge in [0.05, 0.1) is 6.54 Å². The average Bonchev–Trinajstić information content (AvgIpc) is 3.22. The molecule has 0 unspecified atom stereocenters. The molecule has 18 heavy (non-hydrogen) atoms. The van der Waals surface area contributed by atoms with Gasteiger partial charge in [0.1, 0.15) is 0 Å². The molecule has 1 aliphatic carbocycles. The summed E-state index contributed by atoms with van der Waals surface area (Å²) in [6.07, 6.45) is 4.68. The molecule has 0 bridgehead atoms. The van der Waals surface area contributed by atoms with Crippen molar-refractivity contribution in [2.24, 2.45) is 0 Å². The predicted molar refractivity (Wildman–Crippen MR) is 75.0 cm³/mol. The molecule has 1 aromatic rings. The third-order valence-corrected chi connectivity index (χ3v) is 3.60. The van der Waals surface area contributed by atoms with E-state index in [2.05, 4.69) is 30.9 Å². The summed E-state index contributed by atoms with van der Waals surface area (Å²) < 4.78 is 0. The molecule has 0 N–H and O–H groups in total. The summed E-state index contributed by atoms with van der Waals surface area (Å²) >= 11 is 0. The monoisotopic (exact) mass is 245 g/mol. The highest BCUT2D eigenvalue weighted by Gasteiger charge is 2.29. The first kappa shape index (κ1) is 13.3. The van der Waals surface area contributed by atoms with Crippen LogP contribution in [0.5, 0.6) is 0 Å². The van der Waals surface area contributed by atoms with Crippen LogP contribution in [0.4, 0.5) is 0 Å². The van der Waals surface area contributed by atoms with E-state index in [9.17, 15) is 4.79 Å². The normalized spacial score (nSPS) is 15.1. The van der Waals surface area contributed by atoms with Gasteiger partial charge in [0.25, 0.3) is 0 Å². The van der Waals surface area contributed by atoms with Gasteiger partial charge in [-0.2, -0.15) is 0 Å². The zero-order valence-electron chi connectivity index (χ0n) is 11.5. The van der Waals surface area contributed by atoms with Crippen LogP contribution in [-0.4, -0.2) is 29.8 Å². The Bertz CT molecular complexity index is 392. The number of benzene rings is 1. The highest BCUT2D eigenvalue weighted by atomic mass is 16.1. The molecule has 0 aliphatic heterocycles. The molecule has 0 saturated heterocycles. The maximum atomic E-state index is 12.2. The van der Waals surface area contributed by atoms with Gasteiger partial charge >= 0.3 is 0 Å². The van der Waals surface area contributed by atoms with Crippen molar-refractivity contribution in [2.75, 3.05) is 13.1 Å². The molecule has 1 saturated carbocycles. The minimum atomic E-state index is 0.262. The molecule has 2 heteroatoms. The van der Waals surface area contributed by atoms with Gasteiger partial charge in [-0.1, -0.05) is 38.1 Å². The van der Waals surface area contributed by atoms with E-state index < -0.39 is 0 Å². The summed E-state index contributed by atoms with van der Waals surface area (Å²) in [5, 5.41) is 0. The number of hydrogen-bond acceptors (Lipinski definition) is 2. The van der Waals surface area contributed by atoms with Crippen LogP contribution in [0.25, 0.3) is 0 Å². The van der Waals surface area contributed by atoms with Crippen LogP contribution >= 0.6 is 0 Å². The number of nitrogens with zero attached hydrogens (tertiary/aromatic N) is 1. The molecule has 1 fully saturated rings. The fourth-order valence-corrected chi connectivity index (χ4v) is 2.32. The number of carbonyl (C=O) groups is 1. The van der Waals surface area contributed by atoms with Crippen LogP contribution in [0.1, 0.15) is 49.0 Å².